The number of rotatable bonds is 3. The van der Waals surface area contributed by atoms with E-state index in [4.69, 9.17) is 21.6 Å². The first kappa shape index (κ1) is 9.82. The van der Waals surface area contributed by atoms with Gasteiger partial charge in [-0.05, 0) is 18.2 Å². The highest BCUT2D eigenvalue weighted by atomic mass is 35.5. The van der Waals surface area contributed by atoms with Gasteiger partial charge in [-0.25, -0.2) is 4.39 Å². The van der Waals surface area contributed by atoms with E-state index in [1.165, 1.54) is 18.2 Å². The van der Waals surface area contributed by atoms with Crippen molar-refractivity contribution in [3.05, 3.63) is 28.8 Å². The Morgan fingerprint density at radius 1 is 1.46 bits per heavy atom. The van der Waals surface area contributed by atoms with Crippen molar-refractivity contribution in [2.24, 2.45) is 0 Å². The van der Waals surface area contributed by atoms with E-state index in [9.17, 15) is 4.39 Å². The SMILES string of the molecule is N#Cc1cc(Cl)cc(OCCF)c1. The number of hydrogen-bond donors (Lipinski definition) is 0. The zero-order valence-corrected chi connectivity index (χ0v) is 7.51. The lowest BCUT2D eigenvalue weighted by molar-refractivity contribution is 0.273. The predicted molar refractivity (Wildman–Crippen MR) is 47.6 cm³/mol. The monoisotopic (exact) mass is 199 g/mol. The standard InChI is InChI=1S/C9H7ClFNO/c10-8-3-7(6-12)4-9(5-8)13-2-1-11/h3-5H,1-2H2. The van der Waals surface area contributed by atoms with Crippen LogP contribution in [0.5, 0.6) is 5.75 Å². The first-order chi connectivity index (χ1) is 6.26. The topological polar surface area (TPSA) is 33.0 Å². The first-order valence-corrected chi connectivity index (χ1v) is 4.03. The maximum Gasteiger partial charge on any atom is 0.123 e. The van der Waals surface area contributed by atoms with Gasteiger partial charge in [0.1, 0.15) is 19.0 Å². The molecule has 0 radical (unpaired) electrons. The summed E-state index contributed by atoms with van der Waals surface area (Å²) in [7, 11) is 0. The number of halogens is 2. The van der Waals surface area contributed by atoms with Crippen LogP contribution in [0, 0.1) is 11.3 Å². The lowest BCUT2D eigenvalue weighted by atomic mass is 10.2. The summed E-state index contributed by atoms with van der Waals surface area (Å²) in [6.45, 7) is -0.584. The zero-order valence-electron chi connectivity index (χ0n) is 6.76. The van der Waals surface area contributed by atoms with Crippen LogP contribution in [-0.4, -0.2) is 13.3 Å². The summed E-state index contributed by atoms with van der Waals surface area (Å²) < 4.78 is 16.7. The van der Waals surface area contributed by atoms with Crippen LogP contribution in [0.1, 0.15) is 5.56 Å². The molecule has 0 unspecified atom stereocenters. The predicted octanol–water partition coefficient (Wildman–Crippen LogP) is 2.56. The van der Waals surface area contributed by atoms with Gasteiger partial charge < -0.3 is 4.74 Å². The molecule has 0 atom stereocenters. The fourth-order valence-electron chi connectivity index (χ4n) is 0.867. The van der Waals surface area contributed by atoms with E-state index < -0.39 is 6.67 Å². The molecule has 68 valence electrons. The Morgan fingerprint density at radius 2 is 2.23 bits per heavy atom. The largest absolute Gasteiger partial charge is 0.491 e. The fourth-order valence-corrected chi connectivity index (χ4v) is 1.09. The molecule has 0 aromatic heterocycles. The summed E-state index contributed by atoms with van der Waals surface area (Å²) >= 11 is 5.68. The van der Waals surface area contributed by atoms with E-state index in [2.05, 4.69) is 0 Å². The highest BCUT2D eigenvalue weighted by molar-refractivity contribution is 6.30. The van der Waals surface area contributed by atoms with Gasteiger partial charge in [0, 0.05) is 5.02 Å². The van der Waals surface area contributed by atoms with Crippen LogP contribution >= 0.6 is 11.6 Å². The Balaban J connectivity index is 2.83. The van der Waals surface area contributed by atoms with E-state index in [0.29, 0.717) is 16.3 Å². The summed E-state index contributed by atoms with van der Waals surface area (Å²) in [6, 6.07) is 6.50. The van der Waals surface area contributed by atoms with E-state index >= 15 is 0 Å². The Morgan fingerprint density at radius 3 is 2.85 bits per heavy atom. The van der Waals surface area contributed by atoms with Crippen molar-refractivity contribution in [1.29, 1.82) is 5.26 Å². The third-order valence-corrected chi connectivity index (χ3v) is 1.56. The van der Waals surface area contributed by atoms with Crippen LogP contribution in [0.25, 0.3) is 0 Å². The first-order valence-electron chi connectivity index (χ1n) is 3.65. The Hall–Kier alpha value is -1.27. The van der Waals surface area contributed by atoms with Crippen molar-refractivity contribution < 1.29 is 9.13 Å². The van der Waals surface area contributed by atoms with Crippen molar-refractivity contribution in [3.63, 3.8) is 0 Å². The van der Waals surface area contributed by atoms with Gasteiger partial charge in [0.15, 0.2) is 0 Å². The molecule has 1 aromatic rings. The highest BCUT2D eigenvalue weighted by Crippen LogP contribution is 2.20. The Labute approximate surface area is 80.5 Å². The minimum Gasteiger partial charge on any atom is -0.491 e. The summed E-state index contributed by atoms with van der Waals surface area (Å²) in [5.74, 6) is 0.418. The molecular formula is C9H7ClFNO. The highest BCUT2D eigenvalue weighted by Gasteiger charge is 1.99. The van der Waals surface area contributed by atoms with Crippen molar-refractivity contribution in [1.82, 2.24) is 0 Å². The molecule has 0 aliphatic heterocycles. The van der Waals surface area contributed by atoms with Crippen molar-refractivity contribution in [3.8, 4) is 11.8 Å². The molecule has 13 heavy (non-hydrogen) atoms. The molecule has 4 heteroatoms. The molecule has 1 aromatic carbocycles. The average molecular weight is 200 g/mol. The second kappa shape index (κ2) is 4.68. The van der Waals surface area contributed by atoms with Crippen LogP contribution in [-0.2, 0) is 0 Å². The van der Waals surface area contributed by atoms with Gasteiger partial charge in [0.2, 0.25) is 0 Å². The molecule has 0 bridgehead atoms. The number of nitriles is 1. The molecule has 1 rings (SSSR count). The molecule has 0 N–H and O–H groups in total. The van der Waals surface area contributed by atoms with Crippen molar-refractivity contribution in [2.45, 2.75) is 0 Å². The maximum atomic E-state index is 11.7. The Bertz CT molecular complexity index is 335. The normalized spacial score (nSPS) is 9.31. The van der Waals surface area contributed by atoms with Gasteiger partial charge in [-0.15, -0.1) is 0 Å². The molecule has 0 aliphatic carbocycles. The van der Waals surface area contributed by atoms with Gasteiger partial charge in [-0.2, -0.15) is 5.26 Å². The lowest BCUT2D eigenvalue weighted by Gasteiger charge is -2.03. The van der Waals surface area contributed by atoms with Crippen LogP contribution < -0.4 is 4.74 Å². The van der Waals surface area contributed by atoms with Gasteiger partial charge in [-0.1, -0.05) is 11.6 Å². The average Bonchev–Trinajstić information content (AvgIpc) is 2.14. The van der Waals surface area contributed by atoms with E-state index in [-0.39, 0.29) is 6.61 Å². The molecule has 0 saturated heterocycles. The molecule has 2 nitrogen and oxygen atoms in total. The van der Waals surface area contributed by atoms with E-state index in [0.717, 1.165) is 0 Å². The summed E-state index contributed by atoms with van der Waals surface area (Å²) in [4.78, 5) is 0. The van der Waals surface area contributed by atoms with Gasteiger partial charge in [0.05, 0.1) is 11.6 Å². The minimum absolute atomic E-state index is 0.0226. The van der Waals surface area contributed by atoms with Crippen LogP contribution in [0.4, 0.5) is 4.39 Å². The molecule has 0 aliphatic rings. The molecule has 0 fully saturated rings. The van der Waals surface area contributed by atoms with Gasteiger partial charge in [-0.3, -0.25) is 0 Å². The molecule has 0 heterocycles. The number of alkyl halides is 1. The summed E-state index contributed by atoms with van der Waals surface area (Å²) in [6.07, 6.45) is 0. The number of nitrogens with zero attached hydrogens (tertiary/aromatic N) is 1. The second-order valence-electron chi connectivity index (χ2n) is 2.32. The van der Waals surface area contributed by atoms with Crippen molar-refractivity contribution in [2.75, 3.05) is 13.3 Å². The summed E-state index contributed by atoms with van der Waals surface area (Å²) in [5.41, 5.74) is 0.404. The Kier molecular flexibility index (Phi) is 3.53. The van der Waals surface area contributed by atoms with E-state index in [1.54, 1.807) is 0 Å². The van der Waals surface area contributed by atoms with Crippen LogP contribution in [0.2, 0.25) is 5.02 Å². The van der Waals surface area contributed by atoms with Crippen LogP contribution in [0.15, 0.2) is 18.2 Å². The van der Waals surface area contributed by atoms with Gasteiger partial charge >= 0.3 is 0 Å². The minimum atomic E-state index is -0.561. The van der Waals surface area contributed by atoms with Crippen LogP contribution in [0.3, 0.4) is 0 Å². The third kappa shape index (κ3) is 2.92. The molecule has 0 spiro atoms. The molecular weight excluding hydrogens is 193 g/mol. The quantitative estimate of drug-likeness (QED) is 0.750. The lowest BCUT2D eigenvalue weighted by Crippen LogP contribution is -1.98. The van der Waals surface area contributed by atoms with Gasteiger partial charge in [0.25, 0.3) is 0 Å². The summed E-state index contributed by atoms with van der Waals surface area (Å²) in [5, 5.41) is 8.98. The smallest absolute Gasteiger partial charge is 0.123 e. The molecule has 0 amide bonds. The van der Waals surface area contributed by atoms with E-state index in [1.807, 2.05) is 6.07 Å². The fraction of sp³-hybridized carbons (Fsp3) is 0.222. The zero-order chi connectivity index (χ0) is 9.68. The maximum absolute atomic E-state index is 11.7. The third-order valence-electron chi connectivity index (χ3n) is 1.35. The molecule has 0 saturated carbocycles. The van der Waals surface area contributed by atoms with Crippen molar-refractivity contribution >= 4 is 11.6 Å². The number of hydrogen-bond acceptors (Lipinski definition) is 2. The number of benzene rings is 1. The second-order valence-corrected chi connectivity index (χ2v) is 2.76. The number of ether oxygens (including phenoxy) is 1.